The van der Waals surface area contributed by atoms with Crippen LogP contribution in [0.25, 0.3) is 0 Å². The van der Waals surface area contributed by atoms with Crippen molar-refractivity contribution in [2.45, 2.75) is 26.4 Å². The minimum absolute atomic E-state index is 0.141. The lowest BCUT2D eigenvalue weighted by Gasteiger charge is -2.28. The highest BCUT2D eigenvalue weighted by Crippen LogP contribution is 2.15. The summed E-state index contributed by atoms with van der Waals surface area (Å²) in [5.74, 6) is 0.113. The number of hydrogen-bond donors (Lipinski definition) is 1. The van der Waals surface area contributed by atoms with Gasteiger partial charge in [-0.1, -0.05) is 41.4 Å². The summed E-state index contributed by atoms with van der Waals surface area (Å²) >= 11 is 5.91. The van der Waals surface area contributed by atoms with Crippen LogP contribution in [0.5, 0.6) is 5.75 Å². The predicted molar refractivity (Wildman–Crippen MR) is 102 cm³/mol. The van der Waals surface area contributed by atoms with Crippen molar-refractivity contribution in [3.8, 4) is 5.75 Å². The first-order valence-electron chi connectivity index (χ1n) is 8.35. The molecule has 26 heavy (non-hydrogen) atoms. The summed E-state index contributed by atoms with van der Waals surface area (Å²) in [5, 5.41) is 3.20. The van der Waals surface area contributed by atoms with E-state index < -0.39 is 6.04 Å². The quantitative estimate of drug-likeness (QED) is 0.809. The number of nitrogens with zero attached hydrogens (tertiary/aromatic N) is 1. The van der Waals surface area contributed by atoms with Crippen LogP contribution in [0, 0.1) is 6.92 Å². The first kappa shape index (κ1) is 19.8. The van der Waals surface area contributed by atoms with E-state index in [1.165, 1.54) is 4.90 Å². The van der Waals surface area contributed by atoms with E-state index in [0.717, 1.165) is 11.1 Å². The number of ether oxygens (including phenoxy) is 1. The van der Waals surface area contributed by atoms with Crippen LogP contribution in [0.2, 0.25) is 5.02 Å². The van der Waals surface area contributed by atoms with E-state index >= 15 is 0 Å². The Balaban J connectivity index is 2.10. The number of hydrogen-bond acceptors (Lipinski definition) is 3. The topological polar surface area (TPSA) is 58.6 Å². The van der Waals surface area contributed by atoms with Crippen LogP contribution < -0.4 is 10.1 Å². The van der Waals surface area contributed by atoms with Gasteiger partial charge in [-0.15, -0.1) is 0 Å². The van der Waals surface area contributed by atoms with Crippen molar-refractivity contribution >= 4 is 23.4 Å². The van der Waals surface area contributed by atoms with E-state index in [4.69, 9.17) is 16.3 Å². The van der Waals surface area contributed by atoms with Crippen molar-refractivity contribution < 1.29 is 14.3 Å². The second kappa shape index (κ2) is 9.25. The van der Waals surface area contributed by atoms with E-state index in [9.17, 15) is 9.59 Å². The number of halogens is 1. The summed E-state index contributed by atoms with van der Waals surface area (Å²) in [5.41, 5.74) is 2.00. The Bertz CT molecular complexity index is 745. The molecule has 0 aromatic heterocycles. The third-order valence-corrected chi connectivity index (χ3v) is 4.32. The molecule has 0 bridgehead atoms. The summed E-state index contributed by atoms with van der Waals surface area (Å²) in [7, 11) is 1.55. The highest BCUT2D eigenvalue weighted by atomic mass is 35.5. The Labute approximate surface area is 158 Å². The fraction of sp³-hybridized carbons (Fsp3) is 0.300. The van der Waals surface area contributed by atoms with Gasteiger partial charge < -0.3 is 15.0 Å². The first-order valence-corrected chi connectivity index (χ1v) is 8.73. The number of aryl methyl sites for hydroxylation is 1. The molecule has 2 amide bonds. The molecule has 1 N–H and O–H groups in total. The maximum absolute atomic E-state index is 12.7. The van der Waals surface area contributed by atoms with Crippen LogP contribution in [0.4, 0.5) is 0 Å². The molecule has 0 aliphatic rings. The molecule has 2 aromatic rings. The summed E-state index contributed by atoms with van der Waals surface area (Å²) in [6, 6.07) is 14.0. The molecule has 0 spiro atoms. The third-order valence-electron chi connectivity index (χ3n) is 4.06. The molecular weight excluding hydrogens is 352 g/mol. The Kier molecular flexibility index (Phi) is 7.04. The summed E-state index contributed by atoms with van der Waals surface area (Å²) in [4.78, 5) is 26.3. The van der Waals surface area contributed by atoms with Gasteiger partial charge in [0.1, 0.15) is 11.8 Å². The molecule has 1 atom stereocenters. The fourth-order valence-electron chi connectivity index (χ4n) is 2.44. The van der Waals surface area contributed by atoms with Gasteiger partial charge in [0, 0.05) is 18.6 Å². The molecule has 2 rings (SSSR count). The zero-order valence-corrected chi connectivity index (χ0v) is 15.9. The van der Waals surface area contributed by atoms with Gasteiger partial charge >= 0.3 is 0 Å². The maximum Gasteiger partial charge on any atom is 0.261 e. The lowest BCUT2D eigenvalue weighted by molar-refractivity contribution is -0.142. The molecule has 0 saturated carbocycles. The van der Waals surface area contributed by atoms with Gasteiger partial charge in [-0.25, -0.2) is 0 Å². The van der Waals surface area contributed by atoms with Gasteiger partial charge in [0.05, 0.1) is 0 Å². The number of rotatable bonds is 7. The van der Waals surface area contributed by atoms with Gasteiger partial charge in [0.2, 0.25) is 5.91 Å². The number of likely N-dealkylation sites (N-methyl/N-ethyl adjacent to an activating group) is 1. The Morgan fingerprint density at radius 3 is 2.31 bits per heavy atom. The number of carbonyl (C=O) groups excluding carboxylic acids is 2. The van der Waals surface area contributed by atoms with Crippen molar-refractivity contribution in [2.75, 3.05) is 13.7 Å². The SMILES string of the molecule is CNC(=O)[C@H](C)N(Cc1ccc(Cl)cc1)C(=O)COc1ccc(C)cc1. The van der Waals surface area contributed by atoms with Crippen LogP contribution >= 0.6 is 11.6 Å². The number of amides is 2. The van der Waals surface area contributed by atoms with Crippen molar-refractivity contribution in [1.29, 1.82) is 0 Å². The molecule has 0 aliphatic carbocycles. The molecule has 0 aliphatic heterocycles. The molecule has 0 saturated heterocycles. The molecule has 0 unspecified atom stereocenters. The summed E-state index contributed by atoms with van der Waals surface area (Å²) < 4.78 is 5.58. The lowest BCUT2D eigenvalue weighted by Crippen LogP contribution is -2.48. The third kappa shape index (κ3) is 5.49. The minimum Gasteiger partial charge on any atom is -0.484 e. The van der Waals surface area contributed by atoms with Crippen LogP contribution in [0.15, 0.2) is 48.5 Å². The average molecular weight is 375 g/mol. The van der Waals surface area contributed by atoms with Gasteiger partial charge in [-0.3, -0.25) is 9.59 Å². The lowest BCUT2D eigenvalue weighted by atomic mass is 10.1. The van der Waals surface area contributed by atoms with Crippen LogP contribution in [0.3, 0.4) is 0 Å². The molecule has 0 radical (unpaired) electrons. The molecule has 5 nitrogen and oxygen atoms in total. The number of benzene rings is 2. The van der Waals surface area contributed by atoms with E-state index in [1.54, 1.807) is 26.1 Å². The van der Waals surface area contributed by atoms with Gasteiger partial charge in [0.15, 0.2) is 6.61 Å². The predicted octanol–water partition coefficient (Wildman–Crippen LogP) is 3.19. The van der Waals surface area contributed by atoms with Crippen molar-refractivity contribution in [3.63, 3.8) is 0 Å². The molecule has 6 heteroatoms. The second-order valence-corrected chi connectivity index (χ2v) is 6.48. The van der Waals surface area contributed by atoms with Crippen molar-refractivity contribution in [1.82, 2.24) is 10.2 Å². The zero-order valence-electron chi connectivity index (χ0n) is 15.2. The summed E-state index contributed by atoms with van der Waals surface area (Å²) in [6.45, 7) is 3.83. The van der Waals surface area contributed by atoms with Crippen LogP contribution in [-0.4, -0.2) is 36.4 Å². The van der Waals surface area contributed by atoms with Crippen molar-refractivity contribution in [2.24, 2.45) is 0 Å². The van der Waals surface area contributed by atoms with Crippen LogP contribution in [-0.2, 0) is 16.1 Å². The maximum atomic E-state index is 12.7. The van der Waals surface area contributed by atoms with Gasteiger partial charge in [-0.05, 0) is 43.7 Å². The summed E-state index contributed by atoms with van der Waals surface area (Å²) in [6.07, 6.45) is 0. The Morgan fingerprint density at radius 1 is 1.12 bits per heavy atom. The Morgan fingerprint density at radius 2 is 1.73 bits per heavy atom. The molecule has 2 aromatic carbocycles. The van der Waals surface area contributed by atoms with E-state index in [0.29, 0.717) is 17.3 Å². The average Bonchev–Trinajstić information content (AvgIpc) is 2.65. The smallest absolute Gasteiger partial charge is 0.261 e. The van der Waals surface area contributed by atoms with E-state index in [1.807, 2.05) is 43.3 Å². The monoisotopic (exact) mass is 374 g/mol. The second-order valence-electron chi connectivity index (χ2n) is 6.04. The minimum atomic E-state index is -0.621. The number of carbonyl (C=O) groups is 2. The standard InChI is InChI=1S/C20H23ClN2O3/c1-14-4-10-18(11-5-14)26-13-19(24)23(15(2)20(25)22-3)12-16-6-8-17(21)9-7-16/h4-11,15H,12-13H2,1-3H3,(H,22,25)/t15-/m0/s1. The zero-order chi connectivity index (χ0) is 19.1. The molecular formula is C20H23ClN2O3. The molecule has 0 heterocycles. The largest absolute Gasteiger partial charge is 0.484 e. The fourth-order valence-corrected chi connectivity index (χ4v) is 2.57. The highest BCUT2D eigenvalue weighted by molar-refractivity contribution is 6.30. The highest BCUT2D eigenvalue weighted by Gasteiger charge is 2.25. The first-order chi connectivity index (χ1) is 12.4. The van der Waals surface area contributed by atoms with Crippen LogP contribution in [0.1, 0.15) is 18.1 Å². The van der Waals surface area contributed by atoms with Gasteiger partial charge in [-0.2, -0.15) is 0 Å². The molecule has 0 fully saturated rings. The Hall–Kier alpha value is -2.53. The van der Waals surface area contributed by atoms with E-state index in [2.05, 4.69) is 5.32 Å². The normalized spacial score (nSPS) is 11.5. The molecule has 138 valence electrons. The van der Waals surface area contributed by atoms with E-state index in [-0.39, 0.29) is 18.4 Å². The van der Waals surface area contributed by atoms with Gasteiger partial charge in [0.25, 0.3) is 5.91 Å². The van der Waals surface area contributed by atoms with Crippen molar-refractivity contribution in [3.05, 3.63) is 64.7 Å². The number of nitrogens with one attached hydrogen (secondary N) is 1.